The number of hydrogen-bond donors (Lipinski definition) is 0. The lowest BCUT2D eigenvalue weighted by molar-refractivity contribution is -0.00590. The van der Waals surface area contributed by atoms with Crippen molar-refractivity contribution in [2.45, 2.75) is 52.2 Å². The maximum absolute atomic E-state index is 6.23. The average molecular weight is 464 g/mol. The van der Waals surface area contributed by atoms with Crippen molar-refractivity contribution in [3.05, 3.63) is 27.1 Å². The van der Waals surface area contributed by atoms with Crippen molar-refractivity contribution in [1.82, 2.24) is 14.4 Å². The summed E-state index contributed by atoms with van der Waals surface area (Å²) in [5.41, 5.74) is 1.13. The van der Waals surface area contributed by atoms with Crippen molar-refractivity contribution in [3.63, 3.8) is 0 Å². The molecule has 1 aliphatic carbocycles. The van der Waals surface area contributed by atoms with Crippen LogP contribution >= 0.6 is 34.2 Å². The molecule has 0 bridgehead atoms. The summed E-state index contributed by atoms with van der Waals surface area (Å²) in [6.45, 7) is 9.07. The normalized spacial score (nSPS) is 23.6. The van der Waals surface area contributed by atoms with Gasteiger partial charge in [0.05, 0.1) is 6.10 Å². The lowest BCUT2D eigenvalue weighted by Gasteiger charge is -2.45. The fourth-order valence-electron chi connectivity index (χ4n) is 3.66. The highest BCUT2D eigenvalue weighted by molar-refractivity contribution is 14.1. The molecular weight excluding hydrogens is 441 g/mol. The van der Waals surface area contributed by atoms with Crippen LogP contribution in [0.5, 0.6) is 0 Å². The Morgan fingerprint density at radius 1 is 1.43 bits per heavy atom. The van der Waals surface area contributed by atoms with Crippen LogP contribution in [0.25, 0.3) is 5.52 Å². The first kappa shape index (κ1) is 17.6. The largest absolute Gasteiger partial charge is 0.421 e. The molecule has 0 spiro atoms. The zero-order valence-electron chi connectivity index (χ0n) is 14.0. The fraction of sp³-hybridized carbons (Fsp3) is 0.625. The van der Waals surface area contributed by atoms with E-state index in [9.17, 15) is 0 Å². The molecule has 0 saturated heterocycles. The van der Waals surface area contributed by atoms with Gasteiger partial charge in [0.25, 0.3) is 0 Å². The third-order valence-corrected chi connectivity index (χ3v) is 6.38. The smallest absolute Gasteiger partial charge is 0.158 e. The van der Waals surface area contributed by atoms with Crippen LogP contribution in [-0.2, 0) is 4.43 Å². The van der Waals surface area contributed by atoms with Gasteiger partial charge in [-0.2, -0.15) is 0 Å². The van der Waals surface area contributed by atoms with E-state index in [1.54, 1.807) is 6.20 Å². The molecule has 1 atom stereocenters. The van der Waals surface area contributed by atoms with Gasteiger partial charge < -0.3 is 4.43 Å². The molecule has 3 rings (SSSR count). The van der Waals surface area contributed by atoms with E-state index in [1.807, 2.05) is 6.20 Å². The average Bonchev–Trinajstić information content (AvgIpc) is 2.74. The first-order valence-electron chi connectivity index (χ1n) is 8.12. The van der Waals surface area contributed by atoms with Gasteiger partial charge in [-0.3, -0.25) is 4.40 Å². The Morgan fingerprint density at radius 2 is 2.13 bits per heavy atom. The first-order valence-corrected chi connectivity index (χ1v) is 11.6. The summed E-state index contributed by atoms with van der Waals surface area (Å²) in [5.74, 6) is 2.24. The summed E-state index contributed by atoms with van der Waals surface area (Å²) in [5, 5.41) is 0.527. The Labute approximate surface area is 158 Å². The van der Waals surface area contributed by atoms with Crippen LogP contribution in [0.1, 0.15) is 45.4 Å². The van der Waals surface area contributed by atoms with E-state index in [2.05, 4.69) is 59.3 Å². The molecular formula is C16H23ClIN3OSi. The second kappa shape index (κ2) is 6.61. The molecule has 23 heavy (non-hydrogen) atoms. The van der Waals surface area contributed by atoms with Gasteiger partial charge in [-0.15, -0.1) is 0 Å². The van der Waals surface area contributed by atoms with Crippen molar-refractivity contribution in [1.29, 1.82) is 0 Å². The van der Waals surface area contributed by atoms with Gasteiger partial charge in [-0.05, 0) is 46.8 Å². The second-order valence-corrected chi connectivity index (χ2v) is 9.66. The molecule has 0 amide bonds. The minimum absolute atomic E-state index is 0.203. The van der Waals surface area contributed by atoms with Gasteiger partial charge >= 0.3 is 0 Å². The molecule has 1 saturated carbocycles. The summed E-state index contributed by atoms with van der Waals surface area (Å²) in [7, 11) is -0.394. The minimum atomic E-state index is -0.394. The van der Waals surface area contributed by atoms with Crippen molar-refractivity contribution in [3.8, 4) is 0 Å². The predicted molar refractivity (Wildman–Crippen MR) is 105 cm³/mol. The van der Waals surface area contributed by atoms with Gasteiger partial charge in [0, 0.05) is 18.3 Å². The van der Waals surface area contributed by atoms with E-state index < -0.39 is 9.76 Å². The fourth-order valence-corrected chi connectivity index (χ4v) is 5.95. The number of rotatable bonds is 4. The maximum atomic E-state index is 6.23. The van der Waals surface area contributed by atoms with Crippen molar-refractivity contribution in [2.24, 2.45) is 11.3 Å². The second-order valence-electron chi connectivity index (χ2n) is 7.37. The van der Waals surface area contributed by atoms with Gasteiger partial charge in [0.15, 0.2) is 14.9 Å². The Hall–Kier alpha value is -0.183. The Balaban J connectivity index is 1.81. The molecule has 2 aromatic rings. The third-order valence-electron chi connectivity index (χ3n) is 4.66. The van der Waals surface area contributed by atoms with Crippen LogP contribution in [0.2, 0.25) is 11.7 Å². The van der Waals surface area contributed by atoms with Crippen LogP contribution in [0.15, 0.2) is 12.4 Å². The molecule has 1 unspecified atom stereocenters. The third kappa shape index (κ3) is 3.32. The molecule has 7 heteroatoms. The first-order chi connectivity index (χ1) is 10.8. The standard InChI is InChI=1S/C16H23ClIN3OSi/c1-16(2,3)12(22-23-4)9-7-10(8-9)15-20-14(18)11-13(17)19-5-6-21(11)15/h5-6,9-10,12H,7-8,23H2,1-4H3. The summed E-state index contributed by atoms with van der Waals surface area (Å²) in [6.07, 6.45) is 6.37. The predicted octanol–water partition coefficient (Wildman–Crippen LogP) is 4.04. The molecule has 1 aliphatic rings. The van der Waals surface area contributed by atoms with E-state index in [1.165, 1.54) is 0 Å². The topological polar surface area (TPSA) is 39.4 Å². The van der Waals surface area contributed by atoms with Crippen molar-refractivity contribution >= 4 is 49.5 Å². The number of nitrogens with zero attached hydrogens (tertiary/aromatic N) is 3. The van der Waals surface area contributed by atoms with Crippen molar-refractivity contribution < 1.29 is 4.43 Å². The molecule has 0 aromatic carbocycles. The van der Waals surface area contributed by atoms with Crippen LogP contribution in [0.4, 0.5) is 0 Å². The van der Waals surface area contributed by atoms with Crippen LogP contribution in [-0.4, -0.2) is 30.2 Å². The van der Waals surface area contributed by atoms with Gasteiger partial charge in [-0.1, -0.05) is 38.9 Å². The number of halogens is 2. The molecule has 2 heterocycles. The van der Waals surface area contributed by atoms with E-state index in [0.29, 0.717) is 23.1 Å². The van der Waals surface area contributed by atoms with Gasteiger partial charge in [0.1, 0.15) is 15.0 Å². The van der Waals surface area contributed by atoms with Gasteiger partial charge in [0.2, 0.25) is 0 Å². The zero-order valence-corrected chi connectivity index (χ0v) is 18.3. The van der Waals surface area contributed by atoms with E-state index in [0.717, 1.165) is 27.9 Å². The van der Waals surface area contributed by atoms with Gasteiger partial charge in [-0.25, -0.2) is 9.97 Å². The van der Waals surface area contributed by atoms with Crippen LogP contribution in [0, 0.1) is 15.0 Å². The lowest BCUT2D eigenvalue weighted by atomic mass is 9.66. The highest BCUT2D eigenvalue weighted by atomic mass is 127. The summed E-state index contributed by atoms with van der Waals surface area (Å²) >= 11 is 8.48. The molecule has 0 aliphatic heterocycles. The molecule has 126 valence electrons. The number of imidazole rings is 1. The molecule has 1 fully saturated rings. The van der Waals surface area contributed by atoms with Crippen LogP contribution < -0.4 is 0 Å². The maximum Gasteiger partial charge on any atom is 0.158 e. The summed E-state index contributed by atoms with van der Waals surface area (Å²) < 4.78 is 9.23. The van der Waals surface area contributed by atoms with E-state index in [4.69, 9.17) is 21.0 Å². The molecule has 0 radical (unpaired) electrons. The summed E-state index contributed by atoms with van der Waals surface area (Å²) in [6, 6.07) is 0. The minimum Gasteiger partial charge on any atom is -0.421 e. The lowest BCUT2D eigenvalue weighted by Crippen LogP contribution is -2.43. The molecule has 2 aromatic heterocycles. The number of aromatic nitrogens is 3. The Morgan fingerprint density at radius 3 is 2.74 bits per heavy atom. The Kier molecular flexibility index (Phi) is 5.07. The monoisotopic (exact) mass is 463 g/mol. The van der Waals surface area contributed by atoms with Crippen molar-refractivity contribution in [2.75, 3.05) is 0 Å². The quantitative estimate of drug-likeness (QED) is 0.507. The number of hydrogen-bond acceptors (Lipinski definition) is 3. The van der Waals surface area contributed by atoms with E-state index >= 15 is 0 Å². The molecule has 4 nitrogen and oxygen atoms in total. The Bertz CT molecular complexity index is 709. The number of fused-ring (bicyclic) bond motifs is 1. The highest BCUT2D eigenvalue weighted by Crippen LogP contribution is 2.48. The summed E-state index contributed by atoms with van der Waals surface area (Å²) in [4.78, 5) is 8.94. The van der Waals surface area contributed by atoms with E-state index in [-0.39, 0.29) is 5.41 Å². The SMILES string of the molecule is C[SiH2]OC(C1CC(c2nc(I)c3c(Cl)nccn23)C1)C(C)(C)C. The van der Waals surface area contributed by atoms with Crippen LogP contribution in [0.3, 0.4) is 0 Å². The molecule has 0 N–H and O–H groups in total. The zero-order chi connectivity index (χ0) is 16.8. The highest BCUT2D eigenvalue weighted by Gasteiger charge is 2.42.